The topological polar surface area (TPSA) is 29.1 Å². The fourth-order valence-corrected chi connectivity index (χ4v) is 3.24. The minimum Gasteiger partial charge on any atom is -0.314 e. The van der Waals surface area contributed by atoms with Gasteiger partial charge in [-0.25, -0.2) is 0 Å². The van der Waals surface area contributed by atoms with Crippen LogP contribution in [0.25, 0.3) is 0 Å². The van der Waals surface area contributed by atoms with Gasteiger partial charge in [0, 0.05) is 33.4 Å². The molecule has 106 valence electrons. The normalized spacial score (nSPS) is 25.6. The van der Waals surface area contributed by atoms with Crippen molar-refractivity contribution < 1.29 is 4.21 Å². The predicted octanol–water partition coefficient (Wildman–Crippen LogP) is 3.33. The Hall–Kier alpha value is -0.380. The lowest BCUT2D eigenvalue weighted by Crippen LogP contribution is -2.41. The molecule has 0 aromatic heterocycles. The Bertz CT molecular complexity index is 446. The minimum atomic E-state index is -0.706. The van der Waals surface area contributed by atoms with E-state index in [1.54, 1.807) is 6.26 Å². The van der Waals surface area contributed by atoms with Crippen LogP contribution in [0.15, 0.2) is 24.3 Å². The van der Waals surface area contributed by atoms with Crippen LogP contribution in [0.3, 0.4) is 0 Å². The average molecular weight is 300 g/mol. The van der Waals surface area contributed by atoms with Gasteiger partial charge >= 0.3 is 0 Å². The molecule has 0 heterocycles. The van der Waals surface area contributed by atoms with E-state index in [2.05, 4.69) is 17.4 Å². The molecule has 1 saturated carbocycles. The number of halogens is 1. The van der Waals surface area contributed by atoms with Gasteiger partial charge in [0.2, 0.25) is 0 Å². The molecule has 1 fully saturated rings. The molecule has 1 aliphatic rings. The van der Waals surface area contributed by atoms with Crippen molar-refractivity contribution in [2.24, 2.45) is 0 Å². The maximum atomic E-state index is 11.2. The third-order valence-electron chi connectivity index (χ3n) is 4.03. The van der Waals surface area contributed by atoms with Crippen molar-refractivity contribution in [1.82, 2.24) is 5.32 Å². The maximum Gasteiger partial charge on any atom is 0.0440 e. The Labute approximate surface area is 123 Å². The van der Waals surface area contributed by atoms with Crippen LogP contribution in [0.4, 0.5) is 0 Å². The van der Waals surface area contributed by atoms with Crippen LogP contribution < -0.4 is 5.32 Å². The number of benzene rings is 1. The molecule has 2 nitrogen and oxygen atoms in total. The minimum absolute atomic E-state index is 0.284. The molecule has 1 aliphatic carbocycles. The van der Waals surface area contributed by atoms with Gasteiger partial charge in [-0.1, -0.05) is 36.7 Å². The lowest BCUT2D eigenvalue weighted by Gasteiger charge is -2.37. The summed E-state index contributed by atoms with van der Waals surface area (Å²) in [5.41, 5.74) is 1.28. The second-order valence-corrected chi connectivity index (χ2v) is 7.65. The van der Waals surface area contributed by atoms with Crippen LogP contribution in [0, 0.1) is 0 Å². The molecule has 2 atom stereocenters. The van der Waals surface area contributed by atoms with E-state index in [9.17, 15) is 4.21 Å². The molecule has 1 aromatic rings. The van der Waals surface area contributed by atoms with Gasteiger partial charge in [-0.2, -0.15) is 0 Å². The molecule has 19 heavy (non-hydrogen) atoms. The predicted molar refractivity (Wildman–Crippen MR) is 83.4 cm³/mol. The summed E-state index contributed by atoms with van der Waals surface area (Å²) in [7, 11) is -0.706. The van der Waals surface area contributed by atoms with Gasteiger partial charge in [-0.05, 0) is 43.4 Å². The smallest absolute Gasteiger partial charge is 0.0440 e. The first-order valence-electron chi connectivity index (χ1n) is 6.88. The van der Waals surface area contributed by atoms with Gasteiger partial charge in [0.05, 0.1) is 0 Å². The van der Waals surface area contributed by atoms with E-state index in [-0.39, 0.29) is 5.25 Å². The zero-order valence-electron chi connectivity index (χ0n) is 11.6. The number of hydrogen-bond acceptors (Lipinski definition) is 2. The zero-order valence-corrected chi connectivity index (χ0v) is 13.1. The summed E-state index contributed by atoms with van der Waals surface area (Å²) >= 11 is 6.21. The van der Waals surface area contributed by atoms with Crippen molar-refractivity contribution in [1.29, 1.82) is 0 Å². The Balaban J connectivity index is 1.70. The summed E-state index contributed by atoms with van der Waals surface area (Å²) in [6.45, 7) is 3.01. The molecule has 2 rings (SSSR count). The Morgan fingerprint density at radius 1 is 1.42 bits per heavy atom. The van der Waals surface area contributed by atoms with Crippen molar-refractivity contribution in [3.63, 3.8) is 0 Å². The van der Waals surface area contributed by atoms with Crippen LogP contribution in [0.1, 0.15) is 37.7 Å². The number of hydrogen-bond donors (Lipinski definition) is 1. The summed E-state index contributed by atoms with van der Waals surface area (Å²) in [6, 6.07) is 8.73. The quantitative estimate of drug-likeness (QED) is 0.873. The molecule has 0 bridgehead atoms. The second kappa shape index (κ2) is 6.87. The van der Waals surface area contributed by atoms with Crippen molar-refractivity contribution in [3.05, 3.63) is 34.9 Å². The van der Waals surface area contributed by atoms with Crippen molar-refractivity contribution >= 4 is 22.4 Å². The summed E-state index contributed by atoms with van der Waals surface area (Å²) < 4.78 is 11.2. The Morgan fingerprint density at radius 2 is 2.11 bits per heavy atom. The Morgan fingerprint density at radius 3 is 2.74 bits per heavy atom. The molecule has 1 aromatic carbocycles. The standard InChI is InChI=1S/C15H22ClNOS/c1-11(19(2)18)7-8-17-13-9-12(10-13)14-5-3-4-6-15(14)16/h3-6,11-13,17H,7-10H2,1-2H3. The molecule has 2 unspecified atom stereocenters. The molecule has 0 saturated heterocycles. The first-order chi connectivity index (χ1) is 9.08. The van der Waals surface area contributed by atoms with Gasteiger partial charge in [0.25, 0.3) is 0 Å². The summed E-state index contributed by atoms with van der Waals surface area (Å²) in [5.74, 6) is 0.601. The van der Waals surface area contributed by atoms with E-state index in [4.69, 9.17) is 11.6 Å². The molecule has 0 radical (unpaired) electrons. The van der Waals surface area contributed by atoms with Crippen LogP contribution in [-0.2, 0) is 10.8 Å². The highest BCUT2D eigenvalue weighted by Gasteiger charge is 2.30. The van der Waals surface area contributed by atoms with E-state index in [0.717, 1.165) is 30.8 Å². The van der Waals surface area contributed by atoms with Gasteiger partial charge in [-0.15, -0.1) is 0 Å². The monoisotopic (exact) mass is 299 g/mol. The van der Waals surface area contributed by atoms with E-state index < -0.39 is 10.8 Å². The highest BCUT2D eigenvalue weighted by molar-refractivity contribution is 7.84. The van der Waals surface area contributed by atoms with Crippen LogP contribution >= 0.6 is 11.6 Å². The fraction of sp³-hybridized carbons (Fsp3) is 0.600. The molecule has 4 heteroatoms. The van der Waals surface area contributed by atoms with Gasteiger partial charge in [-0.3, -0.25) is 4.21 Å². The highest BCUT2D eigenvalue weighted by atomic mass is 35.5. The van der Waals surface area contributed by atoms with E-state index in [0.29, 0.717) is 12.0 Å². The zero-order chi connectivity index (χ0) is 13.8. The van der Waals surface area contributed by atoms with E-state index in [1.807, 2.05) is 19.1 Å². The third-order valence-corrected chi connectivity index (χ3v) is 5.75. The van der Waals surface area contributed by atoms with Crippen molar-refractivity contribution in [2.75, 3.05) is 12.8 Å². The lowest BCUT2D eigenvalue weighted by molar-refractivity contribution is 0.291. The molecule has 0 spiro atoms. The van der Waals surface area contributed by atoms with Crippen molar-refractivity contribution in [2.45, 2.75) is 43.4 Å². The summed E-state index contributed by atoms with van der Waals surface area (Å²) in [6.07, 6.45) is 5.08. The molecule has 0 amide bonds. The molecule has 1 N–H and O–H groups in total. The lowest BCUT2D eigenvalue weighted by atomic mass is 9.76. The molecule has 0 aliphatic heterocycles. The van der Waals surface area contributed by atoms with Gasteiger partial charge < -0.3 is 5.32 Å². The average Bonchev–Trinajstić information content (AvgIpc) is 2.33. The number of nitrogens with one attached hydrogen (secondary N) is 1. The number of rotatable bonds is 6. The maximum absolute atomic E-state index is 11.2. The third kappa shape index (κ3) is 4.04. The SMILES string of the molecule is CC(CCNC1CC(c2ccccc2Cl)C1)S(C)=O. The van der Waals surface area contributed by atoms with Crippen LogP contribution in [0.2, 0.25) is 5.02 Å². The van der Waals surface area contributed by atoms with Crippen LogP contribution in [-0.4, -0.2) is 28.3 Å². The highest BCUT2D eigenvalue weighted by Crippen LogP contribution is 2.39. The second-order valence-electron chi connectivity index (χ2n) is 5.44. The first kappa shape index (κ1) is 15.0. The summed E-state index contributed by atoms with van der Waals surface area (Å²) in [4.78, 5) is 0. The fourth-order valence-electron chi connectivity index (χ4n) is 2.50. The van der Waals surface area contributed by atoms with E-state index in [1.165, 1.54) is 5.56 Å². The summed E-state index contributed by atoms with van der Waals surface area (Å²) in [5, 5.41) is 4.72. The van der Waals surface area contributed by atoms with Gasteiger partial charge in [0.1, 0.15) is 0 Å². The van der Waals surface area contributed by atoms with E-state index >= 15 is 0 Å². The Kier molecular flexibility index (Phi) is 5.43. The van der Waals surface area contributed by atoms with Crippen LogP contribution in [0.5, 0.6) is 0 Å². The van der Waals surface area contributed by atoms with Crippen molar-refractivity contribution in [3.8, 4) is 0 Å². The largest absolute Gasteiger partial charge is 0.314 e. The molecular formula is C15H22ClNOS. The molecular weight excluding hydrogens is 278 g/mol. The van der Waals surface area contributed by atoms with Gasteiger partial charge in [0.15, 0.2) is 0 Å². The first-order valence-corrected chi connectivity index (χ1v) is 8.88.